The van der Waals surface area contributed by atoms with Crippen LogP contribution in [0.1, 0.15) is 32.6 Å². The van der Waals surface area contributed by atoms with Gasteiger partial charge in [0.05, 0.1) is 0 Å². The first kappa shape index (κ1) is 14.6. The fraction of sp³-hybridized carbons (Fsp3) is 0.769. The zero-order valence-corrected chi connectivity index (χ0v) is 11.6. The van der Waals surface area contributed by atoms with Crippen molar-refractivity contribution in [3.8, 4) is 0 Å². The molecule has 0 spiro atoms. The molecule has 3 amide bonds. The summed E-state index contributed by atoms with van der Waals surface area (Å²) in [5, 5.41) is 9.29. The Kier molecular flexibility index (Phi) is 4.15. The second-order valence-corrected chi connectivity index (χ2v) is 5.71. The van der Waals surface area contributed by atoms with E-state index in [2.05, 4.69) is 0 Å². The number of amides is 3. The number of carboxylic acid groups (broad SMARTS) is 1. The Hall–Kier alpha value is -1.79. The standard InChI is InChI=1S/C13H21N3O4/c1-8-4-6-16(10(7-8)12(18)19)13(20)15-5-2-3-9(15)11(14)17/h8-10H,2-7H2,1H3,(H2,14,17)(H,18,19). The van der Waals surface area contributed by atoms with Crippen molar-refractivity contribution in [1.82, 2.24) is 9.80 Å². The van der Waals surface area contributed by atoms with E-state index in [4.69, 9.17) is 5.73 Å². The molecule has 2 aliphatic rings. The van der Waals surface area contributed by atoms with E-state index in [0.29, 0.717) is 25.9 Å². The first-order chi connectivity index (χ1) is 9.41. The van der Waals surface area contributed by atoms with Crippen molar-refractivity contribution in [2.24, 2.45) is 11.7 Å². The van der Waals surface area contributed by atoms with E-state index in [1.165, 1.54) is 9.80 Å². The van der Waals surface area contributed by atoms with Gasteiger partial charge in [-0.1, -0.05) is 6.92 Å². The van der Waals surface area contributed by atoms with E-state index in [-0.39, 0.29) is 11.9 Å². The van der Waals surface area contributed by atoms with Crippen LogP contribution in [-0.2, 0) is 9.59 Å². The summed E-state index contributed by atoms with van der Waals surface area (Å²) in [5.41, 5.74) is 5.30. The fourth-order valence-electron chi connectivity index (χ4n) is 3.06. The summed E-state index contributed by atoms with van der Waals surface area (Å²) < 4.78 is 0. The van der Waals surface area contributed by atoms with Crippen LogP contribution in [0.25, 0.3) is 0 Å². The highest BCUT2D eigenvalue weighted by Crippen LogP contribution is 2.26. The normalized spacial score (nSPS) is 30.4. The van der Waals surface area contributed by atoms with E-state index in [1.54, 1.807) is 0 Å². The Balaban J connectivity index is 2.14. The Labute approximate surface area is 117 Å². The Morgan fingerprint density at radius 2 is 1.75 bits per heavy atom. The minimum absolute atomic E-state index is 0.283. The van der Waals surface area contributed by atoms with Crippen molar-refractivity contribution in [3.05, 3.63) is 0 Å². The zero-order chi connectivity index (χ0) is 14.9. The lowest BCUT2D eigenvalue weighted by atomic mass is 9.92. The molecule has 3 unspecified atom stereocenters. The maximum atomic E-state index is 12.5. The molecule has 2 aliphatic heterocycles. The van der Waals surface area contributed by atoms with Gasteiger partial charge in [-0.2, -0.15) is 0 Å². The number of likely N-dealkylation sites (tertiary alicyclic amines) is 2. The van der Waals surface area contributed by atoms with Crippen molar-refractivity contribution >= 4 is 17.9 Å². The molecule has 2 heterocycles. The quantitative estimate of drug-likeness (QED) is 0.757. The third-order valence-electron chi connectivity index (χ3n) is 4.22. The van der Waals surface area contributed by atoms with Gasteiger partial charge in [-0.15, -0.1) is 0 Å². The first-order valence-electron chi connectivity index (χ1n) is 7.01. The number of nitrogens with zero attached hydrogens (tertiary/aromatic N) is 2. The summed E-state index contributed by atoms with van der Waals surface area (Å²) in [6.07, 6.45) is 2.52. The Bertz CT molecular complexity index is 426. The van der Waals surface area contributed by atoms with Gasteiger partial charge in [0, 0.05) is 13.1 Å². The van der Waals surface area contributed by atoms with Crippen LogP contribution in [0, 0.1) is 5.92 Å². The van der Waals surface area contributed by atoms with Gasteiger partial charge in [-0.05, 0) is 31.6 Å². The monoisotopic (exact) mass is 283 g/mol. The van der Waals surface area contributed by atoms with Crippen LogP contribution in [0.3, 0.4) is 0 Å². The van der Waals surface area contributed by atoms with Crippen molar-refractivity contribution in [3.63, 3.8) is 0 Å². The molecule has 2 fully saturated rings. The number of hydrogen-bond donors (Lipinski definition) is 2. The fourth-order valence-corrected chi connectivity index (χ4v) is 3.06. The molecule has 2 saturated heterocycles. The topological polar surface area (TPSA) is 104 Å². The van der Waals surface area contributed by atoms with E-state index >= 15 is 0 Å². The van der Waals surface area contributed by atoms with E-state index < -0.39 is 24.0 Å². The first-order valence-corrected chi connectivity index (χ1v) is 7.01. The van der Waals surface area contributed by atoms with E-state index in [1.807, 2.05) is 6.92 Å². The van der Waals surface area contributed by atoms with E-state index in [9.17, 15) is 19.5 Å². The summed E-state index contributed by atoms with van der Waals surface area (Å²) in [5.74, 6) is -1.22. The summed E-state index contributed by atoms with van der Waals surface area (Å²) in [6, 6.07) is -1.78. The van der Waals surface area contributed by atoms with Crippen molar-refractivity contribution in [2.75, 3.05) is 13.1 Å². The molecular formula is C13H21N3O4. The molecule has 7 nitrogen and oxygen atoms in total. The van der Waals surface area contributed by atoms with Crippen LogP contribution in [-0.4, -0.2) is 58.0 Å². The van der Waals surface area contributed by atoms with Crippen molar-refractivity contribution < 1.29 is 19.5 Å². The molecular weight excluding hydrogens is 262 g/mol. The largest absolute Gasteiger partial charge is 0.480 e. The van der Waals surface area contributed by atoms with Gasteiger partial charge in [-0.25, -0.2) is 9.59 Å². The second kappa shape index (κ2) is 5.68. The number of carbonyl (C=O) groups excluding carboxylic acids is 2. The molecule has 2 rings (SSSR count). The second-order valence-electron chi connectivity index (χ2n) is 5.71. The molecule has 0 aromatic carbocycles. The molecule has 0 radical (unpaired) electrons. The number of carboxylic acids is 1. The summed E-state index contributed by atoms with van der Waals surface area (Å²) in [4.78, 5) is 38.0. The molecule has 0 aromatic rings. The van der Waals surface area contributed by atoms with Crippen molar-refractivity contribution in [2.45, 2.75) is 44.7 Å². The van der Waals surface area contributed by atoms with Crippen molar-refractivity contribution in [1.29, 1.82) is 0 Å². The molecule has 20 heavy (non-hydrogen) atoms. The van der Waals surface area contributed by atoms with Gasteiger partial charge < -0.3 is 20.6 Å². The number of aliphatic carboxylic acids is 1. The third-order valence-corrected chi connectivity index (χ3v) is 4.22. The summed E-state index contributed by atoms with van der Waals surface area (Å²) in [7, 11) is 0. The lowest BCUT2D eigenvalue weighted by molar-refractivity contribution is -0.144. The maximum absolute atomic E-state index is 12.5. The number of nitrogens with two attached hydrogens (primary N) is 1. The van der Waals surface area contributed by atoms with Crippen LogP contribution < -0.4 is 5.73 Å². The molecule has 112 valence electrons. The number of piperidine rings is 1. The molecule has 3 N–H and O–H groups in total. The SMILES string of the molecule is CC1CCN(C(=O)N2CCCC2C(N)=O)C(C(=O)O)C1. The number of urea groups is 1. The molecule has 3 atom stereocenters. The van der Waals surface area contributed by atoms with Crippen LogP contribution in [0.2, 0.25) is 0 Å². The third kappa shape index (κ3) is 2.71. The molecule has 0 aromatic heterocycles. The number of carbonyl (C=O) groups is 3. The highest BCUT2D eigenvalue weighted by atomic mass is 16.4. The van der Waals surface area contributed by atoms with Gasteiger partial charge in [0.1, 0.15) is 12.1 Å². The average molecular weight is 283 g/mol. The Morgan fingerprint density at radius 1 is 1.10 bits per heavy atom. The minimum Gasteiger partial charge on any atom is -0.480 e. The van der Waals surface area contributed by atoms with Gasteiger partial charge in [0.25, 0.3) is 0 Å². The lowest BCUT2D eigenvalue weighted by Crippen LogP contribution is -2.56. The number of primary amides is 1. The average Bonchev–Trinajstić information content (AvgIpc) is 2.87. The van der Waals surface area contributed by atoms with Crippen LogP contribution in [0.4, 0.5) is 4.79 Å². The Morgan fingerprint density at radius 3 is 2.35 bits per heavy atom. The molecule has 7 heteroatoms. The molecule has 0 aliphatic carbocycles. The van der Waals surface area contributed by atoms with Crippen LogP contribution in [0.15, 0.2) is 0 Å². The zero-order valence-electron chi connectivity index (χ0n) is 11.6. The van der Waals surface area contributed by atoms with Gasteiger partial charge in [0.15, 0.2) is 0 Å². The number of rotatable bonds is 2. The molecule has 0 bridgehead atoms. The minimum atomic E-state index is -0.986. The van der Waals surface area contributed by atoms with Crippen LogP contribution in [0.5, 0.6) is 0 Å². The summed E-state index contributed by atoms with van der Waals surface area (Å²) in [6.45, 7) is 2.86. The van der Waals surface area contributed by atoms with Gasteiger partial charge in [-0.3, -0.25) is 4.79 Å². The van der Waals surface area contributed by atoms with E-state index in [0.717, 1.165) is 12.8 Å². The highest BCUT2D eigenvalue weighted by Gasteiger charge is 2.41. The molecule has 0 saturated carbocycles. The maximum Gasteiger partial charge on any atom is 0.326 e. The van der Waals surface area contributed by atoms with Gasteiger partial charge >= 0.3 is 12.0 Å². The van der Waals surface area contributed by atoms with Crippen LogP contribution >= 0.6 is 0 Å². The number of hydrogen-bond acceptors (Lipinski definition) is 3. The predicted octanol–water partition coefficient (Wildman–Crippen LogP) is 0.241. The summed E-state index contributed by atoms with van der Waals surface area (Å²) >= 11 is 0. The smallest absolute Gasteiger partial charge is 0.326 e. The lowest BCUT2D eigenvalue weighted by Gasteiger charge is -2.39. The predicted molar refractivity (Wildman–Crippen MR) is 70.8 cm³/mol. The highest BCUT2D eigenvalue weighted by molar-refractivity contribution is 5.88. The van der Waals surface area contributed by atoms with Gasteiger partial charge in [0.2, 0.25) is 5.91 Å².